The van der Waals surface area contributed by atoms with Gasteiger partial charge in [0.05, 0.1) is 12.1 Å². The van der Waals surface area contributed by atoms with Crippen LogP contribution < -0.4 is 4.74 Å². The summed E-state index contributed by atoms with van der Waals surface area (Å²) in [7, 11) is 1.29. The van der Waals surface area contributed by atoms with E-state index in [9.17, 15) is 31.1 Å². The van der Waals surface area contributed by atoms with Crippen molar-refractivity contribution in [2.45, 2.75) is 25.4 Å². The fourth-order valence-corrected chi connectivity index (χ4v) is 2.21. The third-order valence-corrected chi connectivity index (χ3v) is 3.50. The zero-order valence-corrected chi connectivity index (χ0v) is 14.0. The number of halogens is 6. The van der Waals surface area contributed by atoms with Gasteiger partial charge in [-0.15, -0.1) is 0 Å². The smallest absolute Gasteiger partial charge is 0.419 e. The van der Waals surface area contributed by atoms with Crippen LogP contribution in [0.25, 0.3) is 0 Å². The van der Waals surface area contributed by atoms with Gasteiger partial charge in [-0.3, -0.25) is 4.79 Å². The van der Waals surface area contributed by atoms with Gasteiger partial charge >= 0.3 is 12.4 Å². The summed E-state index contributed by atoms with van der Waals surface area (Å²) in [6, 6.07) is 4.40. The number of para-hydroxylation sites is 1. The molecule has 11 heteroatoms. The fraction of sp³-hybridized carbons (Fsp3) is 0.375. The first kappa shape index (κ1) is 20.6. The van der Waals surface area contributed by atoms with Crippen LogP contribution in [0, 0.1) is 0 Å². The number of benzene rings is 1. The Kier molecular flexibility index (Phi) is 6.01. The van der Waals surface area contributed by atoms with Gasteiger partial charge in [-0.1, -0.05) is 12.1 Å². The number of rotatable bonds is 6. The van der Waals surface area contributed by atoms with Gasteiger partial charge < -0.3 is 14.2 Å². The standard InChI is InChI=1S/C16H15F6N3O2/c1-24(8-13-23-6-7-25(13)10-15(17,18)19)14(26)9-27-12-5-3-2-4-11(12)16(20,21)22/h2-7H,8-10H2,1H3. The Morgan fingerprint density at radius 3 is 2.48 bits per heavy atom. The van der Waals surface area contributed by atoms with Crippen LogP contribution in [0.3, 0.4) is 0 Å². The highest BCUT2D eigenvalue weighted by atomic mass is 19.4. The maximum atomic E-state index is 12.9. The molecule has 0 atom stereocenters. The van der Waals surface area contributed by atoms with Crippen LogP contribution in [0.4, 0.5) is 26.3 Å². The molecule has 148 valence electrons. The van der Waals surface area contributed by atoms with Crippen LogP contribution in [0.5, 0.6) is 5.75 Å². The van der Waals surface area contributed by atoms with Crippen LogP contribution in [-0.2, 0) is 24.1 Å². The molecule has 0 saturated heterocycles. The van der Waals surface area contributed by atoms with Crippen LogP contribution in [0.15, 0.2) is 36.7 Å². The maximum Gasteiger partial charge on any atom is 0.419 e. The summed E-state index contributed by atoms with van der Waals surface area (Å²) >= 11 is 0. The normalized spacial score (nSPS) is 12.1. The number of hydrogen-bond acceptors (Lipinski definition) is 3. The Morgan fingerprint density at radius 2 is 1.85 bits per heavy atom. The van der Waals surface area contributed by atoms with Gasteiger partial charge in [0.2, 0.25) is 0 Å². The molecule has 1 amide bonds. The number of ether oxygens (including phenoxy) is 1. The summed E-state index contributed by atoms with van der Waals surface area (Å²) < 4.78 is 81.9. The summed E-state index contributed by atoms with van der Waals surface area (Å²) in [6.45, 7) is -2.23. The minimum absolute atomic E-state index is 0.0149. The molecular weight excluding hydrogens is 380 g/mol. The van der Waals surface area contributed by atoms with Crippen LogP contribution in [0.1, 0.15) is 11.4 Å². The van der Waals surface area contributed by atoms with Crippen molar-refractivity contribution in [1.29, 1.82) is 0 Å². The third-order valence-electron chi connectivity index (χ3n) is 3.50. The third kappa shape index (κ3) is 5.90. The largest absolute Gasteiger partial charge is 0.483 e. The number of hydrogen-bond donors (Lipinski definition) is 0. The second-order valence-corrected chi connectivity index (χ2v) is 5.62. The van der Waals surface area contributed by atoms with Gasteiger partial charge in [0.25, 0.3) is 5.91 Å². The van der Waals surface area contributed by atoms with Crippen molar-refractivity contribution in [3.05, 3.63) is 48.0 Å². The predicted molar refractivity (Wildman–Crippen MR) is 81.7 cm³/mol. The second kappa shape index (κ2) is 7.89. The van der Waals surface area contributed by atoms with E-state index in [1.54, 1.807) is 0 Å². The number of alkyl halides is 6. The average molecular weight is 395 g/mol. The molecule has 0 aliphatic carbocycles. The molecule has 5 nitrogen and oxygen atoms in total. The van der Waals surface area contributed by atoms with Gasteiger partial charge in [-0.25, -0.2) is 4.98 Å². The molecule has 27 heavy (non-hydrogen) atoms. The molecule has 0 spiro atoms. The lowest BCUT2D eigenvalue weighted by Crippen LogP contribution is -2.32. The number of aromatic nitrogens is 2. The number of carbonyl (C=O) groups is 1. The molecule has 0 unspecified atom stereocenters. The van der Waals surface area contributed by atoms with Gasteiger partial charge in [-0.2, -0.15) is 26.3 Å². The summed E-state index contributed by atoms with van der Waals surface area (Å²) in [5.74, 6) is -1.24. The maximum absolute atomic E-state index is 12.9. The number of likely N-dealkylation sites (N-methyl/N-ethyl adjacent to an activating group) is 1. The van der Waals surface area contributed by atoms with Crippen molar-refractivity contribution < 1.29 is 35.9 Å². The molecule has 1 aromatic heterocycles. The Morgan fingerprint density at radius 1 is 1.19 bits per heavy atom. The van der Waals surface area contributed by atoms with Crippen molar-refractivity contribution >= 4 is 5.91 Å². The molecule has 1 heterocycles. The number of imidazole rings is 1. The fourth-order valence-electron chi connectivity index (χ4n) is 2.21. The average Bonchev–Trinajstić information content (AvgIpc) is 2.96. The number of amides is 1. The molecule has 0 bridgehead atoms. The molecule has 2 rings (SSSR count). The SMILES string of the molecule is CN(Cc1nccn1CC(F)(F)F)C(=O)COc1ccccc1C(F)(F)F. The molecule has 1 aromatic carbocycles. The predicted octanol–water partition coefficient (Wildman–Crippen LogP) is 3.50. The lowest BCUT2D eigenvalue weighted by molar-refractivity contribution is -0.142. The Bertz CT molecular complexity index is 785. The molecule has 0 aliphatic rings. The highest BCUT2D eigenvalue weighted by Gasteiger charge is 2.34. The van der Waals surface area contributed by atoms with Gasteiger partial charge in [0.15, 0.2) is 6.61 Å². The number of nitrogens with zero attached hydrogens (tertiary/aromatic N) is 3. The number of carbonyl (C=O) groups excluding carboxylic acids is 1. The highest BCUT2D eigenvalue weighted by Crippen LogP contribution is 2.35. The lowest BCUT2D eigenvalue weighted by Gasteiger charge is -2.19. The summed E-state index contributed by atoms with van der Waals surface area (Å²) in [4.78, 5) is 16.8. The molecule has 0 saturated carbocycles. The van der Waals surface area contributed by atoms with Gasteiger partial charge in [0.1, 0.15) is 18.1 Å². The minimum atomic E-state index is -4.64. The summed E-state index contributed by atoms with van der Waals surface area (Å²) in [5.41, 5.74) is -1.03. The van der Waals surface area contributed by atoms with E-state index >= 15 is 0 Å². The highest BCUT2D eigenvalue weighted by molar-refractivity contribution is 5.77. The first-order chi connectivity index (χ1) is 12.5. The van der Waals surface area contributed by atoms with E-state index in [1.165, 1.54) is 19.2 Å². The molecular formula is C16H15F6N3O2. The zero-order valence-electron chi connectivity index (χ0n) is 14.0. The molecule has 0 N–H and O–H groups in total. The van der Waals surface area contributed by atoms with Crippen molar-refractivity contribution in [2.24, 2.45) is 0 Å². The molecule has 0 aliphatic heterocycles. The van der Waals surface area contributed by atoms with Crippen LogP contribution >= 0.6 is 0 Å². The van der Waals surface area contributed by atoms with E-state index in [0.29, 0.717) is 0 Å². The van der Waals surface area contributed by atoms with E-state index < -0.39 is 42.7 Å². The zero-order chi connectivity index (χ0) is 20.2. The van der Waals surface area contributed by atoms with E-state index in [-0.39, 0.29) is 12.4 Å². The Labute approximate surface area is 150 Å². The monoisotopic (exact) mass is 395 g/mol. The van der Waals surface area contributed by atoms with Gasteiger partial charge in [0, 0.05) is 19.4 Å². The van der Waals surface area contributed by atoms with Gasteiger partial charge in [-0.05, 0) is 12.1 Å². The van der Waals surface area contributed by atoms with E-state index in [2.05, 4.69) is 4.98 Å². The van der Waals surface area contributed by atoms with E-state index in [1.807, 2.05) is 0 Å². The molecule has 0 fully saturated rings. The quantitative estimate of drug-likeness (QED) is 0.704. The second-order valence-electron chi connectivity index (χ2n) is 5.62. The van der Waals surface area contributed by atoms with Crippen LogP contribution in [-0.4, -0.2) is 40.2 Å². The first-order valence-corrected chi connectivity index (χ1v) is 7.57. The van der Waals surface area contributed by atoms with Crippen molar-refractivity contribution in [1.82, 2.24) is 14.5 Å². The lowest BCUT2D eigenvalue weighted by atomic mass is 10.2. The van der Waals surface area contributed by atoms with E-state index in [0.717, 1.165) is 34.0 Å². The minimum Gasteiger partial charge on any atom is -0.483 e. The van der Waals surface area contributed by atoms with Crippen molar-refractivity contribution in [3.63, 3.8) is 0 Å². The molecule has 2 aromatic rings. The first-order valence-electron chi connectivity index (χ1n) is 7.57. The van der Waals surface area contributed by atoms with Crippen molar-refractivity contribution in [3.8, 4) is 5.75 Å². The van der Waals surface area contributed by atoms with E-state index in [4.69, 9.17) is 4.74 Å². The Hall–Kier alpha value is -2.72. The molecule has 0 radical (unpaired) electrons. The summed E-state index contributed by atoms with van der Waals surface area (Å²) in [5, 5.41) is 0. The topological polar surface area (TPSA) is 47.4 Å². The van der Waals surface area contributed by atoms with Crippen molar-refractivity contribution in [2.75, 3.05) is 13.7 Å². The van der Waals surface area contributed by atoms with Crippen LogP contribution in [0.2, 0.25) is 0 Å². The summed E-state index contributed by atoms with van der Waals surface area (Å²) in [6.07, 6.45) is -6.82. The Balaban J connectivity index is 1.99.